The Morgan fingerprint density at radius 3 is 2.60 bits per heavy atom. The van der Waals surface area contributed by atoms with E-state index in [1.54, 1.807) is 6.07 Å². The molecule has 0 bridgehead atoms. The van der Waals surface area contributed by atoms with Gasteiger partial charge in [-0.05, 0) is 49.4 Å². The van der Waals surface area contributed by atoms with Crippen LogP contribution in [0.25, 0.3) is 0 Å². The quantitative estimate of drug-likeness (QED) is 0.866. The largest absolute Gasteiger partial charge is 0.508 e. The lowest BCUT2D eigenvalue weighted by atomic mass is 9.76. The molecule has 0 saturated heterocycles. The molecule has 0 aromatic heterocycles. The van der Waals surface area contributed by atoms with Crippen molar-refractivity contribution < 1.29 is 9.90 Å². The van der Waals surface area contributed by atoms with Gasteiger partial charge in [0.05, 0.1) is 0 Å². The second-order valence-corrected chi connectivity index (χ2v) is 6.28. The fraction of sp³-hybridized carbons (Fsp3) is 0.588. The average Bonchev–Trinajstić information content (AvgIpc) is 2.41. The molecule has 0 amide bonds. The van der Waals surface area contributed by atoms with Gasteiger partial charge in [0.1, 0.15) is 11.5 Å². The number of nitrogens with one attached hydrogen (secondary N) is 1. The van der Waals surface area contributed by atoms with E-state index >= 15 is 0 Å². The molecule has 0 radical (unpaired) electrons. The number of aromatic hydroxyl groups is 1. The summed E-state index contributed by atoms with van der Waals surface area (Å²) in [6, 6.07) is 7.46. The summed E-state index contributed by atoms with van der Waals surface area (Å²) in [6.45, 7) is 5.38. The van der Waals surface area contributed by atoms with Crippen molar-refractivity contribution in [1.29, 1.82) is 0 Å². The Balaban J connectivity index is 2.17. The lowest BCUT2D eigenvalue weighted by Gasteiger charge is -2.39. The smallest absolute Gasteiger partial charge is 0.133 e. The van der Waals surface area contributed by atoms with Crippen LogP contribution in [0.1, 0.15) is 51.5 Å². The summed E-state index contributed by atoms with van der Waals surface area (Å²) < 4.78 is 0. The van der Waals surface area contributed by atoms with Gasteiger partial charge in [-0.1, -0.05) is 26.0 Å². The average molecular weight is 275 g/mol. The fourth-order valence-electron chi connectivity index (χ4n) is 2.93. The normalized spacial score (nSPS) is 18.4. The molecule has 0 atom stereocenters. The Hall–Kier alpha value is -1.35. The van der Waals surface area contributed by atoms with E-state index in [1.807, 2.05) is 12.1 Å². The second kappa shape index (κ2) is 6.40. The Labute approximate surface area is 121 Å². The van der Waals surface area contributed by atoms with E-state index in [1.165, 1.54) is 0 Å². The predicted molar refractivity (Wildman–Crippen MR) is 80.7 cm³/mol. The third-order valence-corrected chi connectivity index (χ3v) is 4.25. The van der Waals surface area contributed by atoms with Crippen molar-refractivity contribution in [3.8, 4) is 5.75 Å². The van der Waals surface area contributed by atoms with Crippen LogP contribution in [-0.4, -0.2) is 17.4 Å². The standard InChI is InChI=1S/C17H25NO2/c1-13(2)8-11-18-17(9-6-15(19)7-10-17)14-4-3-5-16(20)12-14/h3-5,12-13,18,20H,6-11H2,1-2H3. The molecular formula is C17H25NO2. The van der Waals surface area contributed by atoms with Crippen LogP contribution in [0.2, 0.25) is 0 Å². The molecule has 3 heteroatoms. The van der Waals surface area contributed by atoms with Gasteiger partial charge in [-0.15, -0.1) is 0 Å². The van der Waals surface area contributed by atoms with Crippen LogP contribution in [0.15, 0.2) is 24.3 Å². The summed E-state index contributed by atoms with van der Waals surface area (Å²) in [5.41, 5.74) is 0.954. The highest BCUT2D eigenvalue weighted by molar-refractivity contribution is 5.79. The minimum absolute atomic E-state index is 0.151. The van der Waals surface area contributed by atoms with Crippen molar-refractivity contribution in [2.45, 2.75) is 51.5 Å². The molecule has 0 unspecified atom stereocenters. The summed E-state index contributed by atoms with van der Waals surface area (Å²) in [7, 11) is 0. The SMILES string of the molecule is CC(C)CCNC1(c2cccc(O)c2)CCC(=O)CC1. The zero-order valence-electron chi connectivity index (χ0n) is 12.5. The second-order valence-electron chi connectivity index (χ2n) is 6.28. The van der Waals surface area contributed by atoms with Crippen LogP contribution in [0, 0.1) is 5.92 Å². The number of benzene rings is 1. The van der Waals surface area contributed by atoms with Gasteiger partial charge < -0.3 is 10.4 Å². The highest BCUT2D eigenvalue weighted by Crippen LogP contribution is 2.37. The third kappa shape index (κ3) is 3.60. The lowest BCUT2D eigenvalue weighted by Crippen LogP contribution is -2.46. The van der Waals surface area contributed by atoms with Gasteiger partial charge >= 0.3 is 0 Å². The minimum atomic E-state index is -0.151. The monoisotopic (exact) mass is 275 g/mol. The van der Waals surface area contributed by atoms with Crippen LogP contribution in [0.3, 0.4) is 0 Å². The molecule has 1 aromatic carbocycles. The zero-order chi connectivity index (χ0) is 14.6. The van der Waals surface area contributed by atoms with Gasteiger partial charge in [-0.3, -0.25) is 4.79 Å². The Bertz CT molecular complexity index is 458. The lowest BCUT2D eigenvalue weighted by molar-refractivity contribution is -0.121. The van der Waals surface area contributed by atoms with Crippen molar-refractivity contribution in [2.24, 2.45) is 5.92 Å². The number of Topliss-reactive ketones (excluding diaryl/α,β-unsaturated/α-hetero) is 1. The van der Waals surface area contributed by atoms with Crippen LogP contribution < -0.4 is 5.32 Å². The molecule has 0 heterocycles. The molecule has 3 nitrogen and oxygen atoms in total. The molecule has 0 aliphatic heterocycles. The van der Waals surface area contributed by atoms with Gasteiger partial charge in [0.25, 0.3) is 0 Å². The molecule has 1 fully saturated rings. The summed E-state index contributed by atoms with van der Waals surface area (Å²) in [6.07, 6.45) is 4.03. The Kier molecular flexibility index (Phi) is 4.81. The first-order chi connectivity index (χ1) is 9.52. The number of phenols is 1. The number of ketones is 1. The first-order valence-electron chi connectivity index (χ1n) is 7.58. The number of carbonyl (C=O) groups excluding carboxylic acids is 1. The number of carbonyl (C=O) groups is 1. The van der Waals surface area contributed by atoms with E-state index in [2.05, 4.69) is 25.2 Å². The van der Waals surface area contributed by atoms with Crippen molar-refractivity contribution >= 4 is 5.78 Å². The van der Waals surface area contributed by atoms with E-state index in [0.29, 0.717) is 30.3 Å². The predicted octanol–water partition coefficient (Wildman–Crippen LogP) is 3.37. The molecule has 2 N–H and O–H groups in total. The summed E-state index contributed by atoms with van der Waals surface area (Å²) >= 11 is 0. The summed E-state index contributed by atoms with van der Waals surface area (Å²) in [5, 5.41) is 13.4. The van der Waals surface area contributed by atoms with Crippen LogP contribution in [0.4, 0.5) is 0 Å². The Morgan fingerprint density at radius 2 is 2.00 bits per heavy atom. The zero-order valence-corrected chi connectivity index (χ0v) is 12.5. The number of rotatable bonds is 5. The molecule has 1 aromatic rings. The molecule has 2 rings (SSSR count). The van der Waals surface area contributed by atoms with Crippen molar-refractivity contribution in [2.75, 3.05) is 6.54 Å². The topological polar surface area (TPSA) is 49.3 Å². The summed E-state index contributed by atoms with van der Waals surface area (Å²) in [5.74, 6) is 1.31. The van der Waals surface area contributed by atoms with Crippen LogP contribution in [-0.2, 0) is 10.3 Å². The highest BCUT2D eigenvalue weighted by atomic mass is 16.3. The molecule has 1 saturated carbocycles. The molecular weight excluding hydrogens is 250 g/mol. The minimum Gasteiger partial charge on any atom is -0.508 e. The Morgan fingerprint density at radius 1 is 1.30 bits per heavy atom. The third-order valence-electron chi connectivity index (χ3n) is 4.25. The maximum absolute atomic E-state index is 11.6. The molecule has 0 spiro atoms. The first-order valence-corrected chi connectivity index (χ1v) is 7.58. The van der Waals surface area contributed by atoms with E-state index in [4.69, 9.17) is 0 Å². The molecule has 110 valence electrons. The maximum Gasteiger partial charge on any atom is 0.133 e. The number of hydrogen-bond donors (Lipinski definition) is 2. The van der Waals surface area contributed by atoms with E-state index in [-0.39, 0.29) is 5.54 Å². The van der Waals surface area contributed by atoms with Gasteiger partial charge in [0.2, 0.25) is 0 Å². The van der Waals surface area contributed by atoms with Gasteiger partial charge in [0.15, 0.2) is 0 Å². The van der Waals surface area contributed by atoms with E-state index in [9.17, 15) is 9.90 Å². The highest BCUT2D eigenvalue weighted by Gasteiger charge is 2.35. The fourth-order valence-corrected chi connectivity index (χ4v) is 2.93. The maximum atomic E-state index is 11.6. The summed E-state index contributed by atoms with van der Waals surface area (Å²) in [4.78, 5) is 11.6. The van der Waals surface area contributed by atoms with Gasteiger partial charge in [-0.2, -0.15) is 0 Å². The van der Waals surface area contributed by atoms with E-state index in [0.717, 1.165) is 31.4 Å². The number of hydrogen-bond acceptors (Lipinski definition) is 3. The van der Waals surface area contributed by atoms with Crippen LogP contribution in [0.5, 0.6) is 5.75 Å². The molecule has 1 aliphatic carbocycles. The van der Waals surface area contributed by atoms with E-state index < -0.39 is 0 Å². The van der Waals surface area contributed by atoms with Gasteiger partial charge in [-0.25, -0.2) is 0 Å². The number of phenolic OH excluding ortho intramolecular Hbond substituents is 1. The van der Waals surface area contributed by atoms with Crippen LogP contribution >= 0.6 is 0 Å². The van der Waals surface area contributed by atoms with Crippen molar-refractivity contribution in [3.63, 3.8) is 0 Å². The van der Waals surface area contributed by atoms with Crippen molar-refractivity contribution in [1.82, 2.24) is 5.32 Å². The van der Waals surface area contributed by atoms with Gasteiger partial charge in [0, 0.05) is 18.4 Å². The first kappa shape index (κ1) is 15.0. The van der Waals surface area contributed by atoms with Crippen molar-refractivity contribution in [3.05, 3.63) is 29.8 Å². The molecule has 1 aliphatic rings. The molecule has 20 heavy (non-hydrogen) atoms.